The van der Waals surface area contributed by atoms with Crippen LogP contribution in [0.4, 0.5) is 4.39 Å². The molecule has 0 aliphatic rings. The predicted molar refractivity (Wildman–Crippen MR) is 73.3 cm³/mol. The van der Waals surface area contributed by atoms with Gasteiger partial charge in [0.15, 0.2) is 0 Å². The highest BCUT2D eigenvalue weighted by Crippen LogP contribution is 2.21. The van der Waals surface area contributed by atoms with E-state index < -0.39 is 0 Å². The van der Waals surface area contributed by atoms with Crippen LogP contribution in [0.5, 0.6) is 0 Å². The molecule has 0 aromatic heterocycles. The van der Waals surface area contributed by atoms with Crippen LogP contribution in [-0.4, -0.2) is 31.1 Å². The first-order valence-electron chi connectivity index (χ1n) is 6.66. The lowest BCUT2D eigenvalue weighted by atomic mass is 10.1. The van der Waals surface area contributed by atoms with Crippen LogP contribution in [0.25, 0.3) is 0 Å². The van der Waals surface area contributed by atoms with Crippen molar-refractivity contribution in [1.29, 1.82) is 0 Å². The lowest BCUT2D eigenvalue weighted by Crippen LogP contribution is -2.30. The Balaban J connectivity index is 2.51. The minimum atomic E-state index is -0.265. The number of likely N-dealkylation sites (N-methyl/N-ethyl adjacent to an activating group) is 1. The highest BCUT2D eigenvalue weighted by atomic mass is 19.1. The molecule has 1 atom stereocenters. The van der Waals surface area contributed by atoms with Gasteiger partial charge in [-0.3, -0.25) is 9.69 Å². The van der Waals surface area contributed by atoms with E-state index in [4.69, 9.17) is 4.74 Å². The van der Waals surface area contributed by atoms with Crippen LogP contribution in [0.15, 0.2) is 24.3 Å². The Labute approximate surface area is 114 Å². The number of halogens is 1. The number of hydrogen-bond acceptors (Lipinski definition) is 3. The van der Waals surface area contributed by atoms with Crippen molar-refractivity contribution in [2.24, 2.45) is 0 Å². The lowest BCUT2D eigenvalue weighted by Gasteiger charge is -2.24. The van der Waals surface area contributed by atoms with Gasteiger partial charge >= 0.3 is 5.97 Å². The zero-order chi connectivity index (χ0) is 14.3. The van der Waals surface area contributed by atoms with Crippen LogP contribution in [0, 0.1) is 5.82 Å². The maximum absolute atomic E-state index is 13.6. The second kappa shape index (κ2) is 7.89. The Bertz CT molecular complexity index is 409. The Morgan fingerprint density at radius 3 is 2.74 bits per heavy atom. The van der Waals surface area contributed by atoms with Gasteiger partial charge in [0.2, 0.25) is 0 Å². The molecule has 1 aromatic carbocycles. The van der Waals surface area contributed by atoms with E-state index in [0.29, 0.717) is 12.2 Å². The van der Waals surface area contributed by atoms with Crippen molar-refractivity contribution >= 4 is 5.97 Å². The van der Waals surface area contributed by atoms with E-state index in [9.17, 15) is 9.18 Å². The summed E-state index contributed by atoms with van der Waals surface area (Å²) in [6, 6.07) is 6.45. The molecule has 0 heterocycles. The van der Waals surface area contributed by atoms with Crippen LogP contribution in [-0.2, 0) is 9.53 Å². The molecule has 0 radical (unpaired) electrons. The average molecular weight is 267 g/mol. The second-order valence-corrected chi connectivity index (χ2v) is 4.69. The molecule has 1 unspecified atom stereocenters. The third kappa shape index (κ3) is 4.99. The van der Waals surface area contributed by atoms with E-state index in [1.165, 1.54) is 6.07 Å². The van der Waals surface area contributed by atoms with Gasteiger partial charge in [-0.2, -0.15) is 0 Å². The molecule has 1 rings (SSSR count). The topological polar surface area (TPSA) is 29.5 Å². The molecule has 0 saturated carbocycles. The first kappa shape index (κ1) is 15.6. The van der Waals surface area contributed by atoms with Crippen molar-refractivity contribution in [2.45, 2.75) is 32.7 Å². The number of ether oxygens (including phenoxy) is 1. The molecule has 0 bridgehead atoms. The van der Waals surface area contributed by atoms with Crippen LogP contribution in [0.3, 0.4) is 0 Å². The van der Waals surface area contributed by atoms with E-state index in [1.54, 1.807) is 30.1 Å². The van der Waals surface area contributed by atoms with Gasteiger partial charge in [-0.05, 0) is 26.5 Å². The molecular formula is C15H22FNO2. The van der Waals surface area contributed by atoms with Gasteiger partial charge in [0.25, 0.3) is 0 Å². The number of nitrogens with zero attached hydrogens (tertiary/aromatic N) is 1. The standard InChI is InChI=1S/C15H22FNO2/c1-4-5-10-19-15(18)11-17(3)12(2)13-8-6-7-9-14(13)16/h6-9,12H,4-5,10-11H2,1-3H3. The Morgan fingerprint density at radius 1 is 1.42 bits per heavy atom. The molecule has 0 saturated heterocycles. The molecule has 0 fully saturated rings. The van der Waals surface area contributed by atoms with Crippen molar-refractivity contribution in [2.75, 3.05) is 20.2 Å². The highest BCUT2D eigenvalue weighted by molar-refractivity contribution is 5.71. The predicted octanol–water partition coefficient (Wildman–Crippen LogP) is 3.16. The molecule has 0 aliphatic carbocycles. The number of esters is 1. The van der Waals surface area contributed by atoms with E-state index in [2.05, 4.69) is 0 Å². The van der Waals surface area contributed by atoms with Crippen molar-refractivity contribution < 1.29 is 13.9 Å². The molecule has 0 spiro atoms. The smallest absolute Gasteiger partial charge is 0.320 e. The lowest BCUT2D eigenvalue weighted by molar-refractivity contribution is -0.145. The summed E-state index contributed by atoms with van der Waals surface area (Å²) in [5, 5.41) is 0. The van der Waals surface area contributed by atoms with Crippen LogP contribution >= 0.6 is 0 Å². The second-order valence-electron chi connectivity index (χ2n) is 4.69. The minimum Gasteiger partial charge on any atom is -0.465 e. The van der Waals surface area contributed by atoms with E-state index in [-0.39, 0.29) is 24.4 Å². The van der Waals surface area contributed by atoms with Crippen LogP contribution < -0.4 is 0 Å². The fourth-order valence-corrected chi connectivity index (χ4v) is 1.77. The number of rotatable bonds is 7. The summed E-state index contributed by atoms with van der Waals surface area (Å²) < 4.78 is 18.7. The number of carbonyl (C=O) groups is 1. The first-order chi connectivity index (χ1) is 9.06. The number of unbranched alkanes of at least 4 members (excludes halogenated alkanes) is 1. The summed E-state index contributed by atoms with van der Waals surface area (Å²) in [5.74, 6) is -0.514. The Hall–Kier alpha value is -1.42. The number of benzene rings is 1. The summed E-state index contributed by atoms with van der Waals surface area (Å²) in [4.78, 5) is 13.4. The number of hydrogen-bond donors (Lipinski definition) is 0. The molecule has 1 aromatic rings. The maximum Gasteiger partial charge on any atom is 0.320 e. The van der Waals surface area contributed by atoms with Gasteiger partial charge in [0.1, 0.15) is 5.82 Å². The quantitative estimate of drug-likeness (QED) is 0.561. The molecule has 0 amide bonds. The SMILES string of the molecule is CCCCOC(=O)CN(C)C(C)c1ccccc1F. The van der Waals surface area contributed by atoms with E-state index in [0.717, 1.165) is 12.8 Å². The van der Waals surface area contributed by atoms with Crippen LogP contribution in [0.2, 0.25) is 0 Å². The molecule has 0 aliphatic heterocycles. The van der Waals surface area contributed by atoms with Crippen molar-refractivity contribution in [3.63, 3.8) is 0 Å². The van der Waals surface area contributed by atoms with Crippen molar-refractivity contribution in [3.8, 4) is 0 Å². The normalized spacial score (nSPS) is 12.5. The molecule has 4 heteroatoms. The first-order valence-corrected chi connectivity index (χ1v) is 6.66. The van der Waals surface area contributed by atoms with Crippen molar-refractivity contribution in [3.05, 3.63) is 35.6 Å². The van der Waals surface area contributed by atoms with Gasteiger partial charge < -0.3 is 4.74 Å². The summed E-state index contributed by atoms with van der Waals surface area (Å²) in [7, 11) is 1.79. The van der Waals surface area contributed by atoms with Gasteiger partial charge in [-0.25, -0.2) is 4.39 Å². The summed E-state index contributed by atoms with van der Waals surface area (Å²) in [5.41, 5.74) is 0.589. The van der Waals surface area contributed by atoms with Gasteiger partial charge in [0.05, 0.1) is 13.2 Å². The van der Waals surface area contributed by atoms with Crippen LogP contribution in [0.1, 0.15) is 38.3 Å². The fraction of sp³-hybridized carbons (Fsp3) is 0.533. The summed E-state index contributed by atoms with van der Waals surface area (Å²) >= 11 is 0. The van der Waals surface area contributed by atoms with Gasteiger partial charge in [0, 0.05) is 11.6 Å². The van der Waals surface area contributed by atoms with Gasteiger partial charge in [-0.15, -0.1) is 0 Å². The fourth-order valence-electron chi connectivity index (χ4n) is 1.77. The molecular weight excluding hydrogens is 245 g/mol. The summed E-state index contributed by atoms with van der Waals surface area (Å²) in [6.07, 6.45) is 1.87. The summed E-state index contributed by atoms with van der Waals surface area (Å²) in [6.45, 7) is 4.54. The zero-order valence-electron chi connectivity index (χ0n) is 11.9. The Morgan fingerprint density at radius 2 is 2.11 bits per heavy atom. The van der Waals surface area contributed by atoms with Crippen molar-refractivity contribution in [1.82, 2.24) is 4.90 Å². The van der Waals surface area contributed by atoms with E-state index in [1.807, 2.05) is 13.8 Å². The molecule has 0 N–H and O–H groups in total. The third-order valence-corrected chi connectivity index (χ3v) is 3.16. The molecule has 106 valence electrons. The third-order valence-electron chi connectivity index (χ3n) is 3.16. The minimum absolute atomic E-state index is 0.166. The Kier molecular flexibility index (Phi) is 6.50. The highest BCUT2D eigenvalue weighted by Gasteiger charge is 2.18. The largest absolute Gasteiger partial charge is 0.465 e. The monoisotopic (exact) mass is 267 g/mol. The average Bonchev–Trinajstić information content (AvgIpc) is 2.38. The van der Waals surface area contributed by atoms with Gasteiger partial charge in [-0.1, -0.05) is 31.5 Å². The molecule has 19 heavy (non-hydrogen) atoms. The number of carbonyl (C=O) groups excluding carboxylic acids is 1. The van der Waals surface area contributed by atoms with E-state index >= 15 is 0 Å². The molecule has 3 nitrogen and oxygen atoms in total. The maximum atomic E-state index is 13.6. The zero-order valence-corrected chi connectivity index (χ0v) is 11.9.